The molecule has 1 aliphatic heterocycles. The Morgan fingerprint density at radius 2 is 1.70 bits per heavy atom. The predicted octanol–water partition coefficient (Wildman–Crippen LogP) is 4.52. The third-order valence-corrected chi connectivity index (χ3v) is 4.86. The van der Waals surface area contributed by atoms with Gasteiger partial charge in [0, 0.05) is 24.8 Å². The first kappa shape index (κ1) is 23.8. The van der Waals surface area contributed by atoms with E-state index in [-0.39, 0.29) is 35.8 Å². The Morgan fingerprint density at radius 1 is 1.00 bits per heavy atom. The molecular weight excluding hydrogens is 451 g/mol. The summed E-state index contributed by atoms with van der Waals surface area (Å²) in [5, 5.41) is 18.3. The van der Waals surface area contributed by atoms with Crippen LogP contribution in [0.3, 0.4) is 0 Å². The van der Waals surface area contributed by atoms with Crippen LogP contribution in [0.1, 0.15) is 24.8 Å². The average molecular weight is 473 g/mol. The van der Waals surface area contributed by atoms with Crippen LogP contribution in [0.5, 0.6) is 0 Å². The molecule has 33 heavy (non-hydrogen) atoms. The van der Waals surface area contributed by atoms with Gasteiger partial charge in [-0.2, -0.15) is 20.1 Å². The summed E-state index contributed by atoms with van der Waals surface area (Å²) in [7, 11) is 0. The summed E-state index contributed by atoms with van der Waals surface area (Å²) in [6.07, 6.45) is 4.60. The van der Waals surface area contributed by atoms with Gasteiger partial charge in [0.2, 0.25) is 17.8 Å². The van der Waals surface area contributed by atoms with Gasteiger partial charge in [-0.1, -0.05) is 12.1 Å². The largest absolute Gasteiger partial charge is 0.341 e. The Morgan fingerprint density at radius 3 is 2.42 bits per heavy atom. The molecule has 0 amide bonds. The molecule has 172 valence electrons. The third-order valence-electron chi connectivity index (χ3n) is 4.86. The SMILES string of the molecule is Cl.O=[N+]([O-])c1ccccc1/C=N\Nc1nc(Nc2ccc(F)cc2)nc(N2CCCCC2)n1. The van der Waals surface area contributed by atoms with Crippen molar-refractivity contribution in [1.82, 2.24) is 15.0 Å². The molecule has 2 N–H and O–H groups in total. The monoisotopic (exact) mass is 472 g/mol. The number of benzene rings is 2. The highest BCUT2D eigenvalue weighted by Crippen LogP contribution is 2.21. The van der Waals surface area contributed by atoms with Crippen molar-refractivity contribution in [3.8, 4) is 0 Å². The van der Waals surface area contributed by atoms with Crippen LogP contribution < -0.4 is 15.6 Å². The number of nitro benzene ring substituents is 1. The van der Waals surface area contributed by atoms with E-state index in [9.17, 15) is 14.5 Å². The van der Waals surface area contributed by atoms with Gasteiger partial charge >= 0.3 is 0 Å². The topological polar surface area (TPSA) is 121 Å². The molecule has 4 rings (SSSR count). The molecule has 12 heteroatoms. The lowest BCUT2D eigenvalue weighted by Gasteiger charge is -2.26. The molecular formula is C21H22ClFN8O2. The van der Waals surface area contributed by atoms with Crippen LogP contribution in [0.15, 0.2) is 53.6 Å². The van der Waals surface area contributed by atoms with E-state index >= 15 is 0 Å². The minimum absolute atomic E-state index is 0. The van der Waals surface area contributed by atoms with E-state index < -0.39 is 4.92 Å². The van der Waals surface area contributed by atoms with E-state index in [1.54, 1.807) is 30.3 Å². The third kappa shape index (κ3) is 6.32. The summed E-state index contributed by atoms with van der Waals surface area (Å²) in [4.78, 5) is 26.0. The number of piperidine rings is 1. The van der Waals surface area contributed by atoms with Crippen molar-refractivity contribution in [1.29, 1.82) is 0 Å². The Kier molecular flexibility index (Phi) is 8.03. The van der Waals surface area contributed by atoms with Crippen molar-refractivity contribution in [2.24, 2.45) is 5.10 Å². The minimum Gasteiger partial charge on any atom is -0.341 e. The van der Waals surface area contributed by atoms with Gasteiger partial charge in [-0.15, -0.1) is 12.4 Å². The number of nitrogens with zero attached hydrogens (tertiary/aromatic N) is 6. The normalized spacial score (nSPS) is 13.4. The van der Waals surface area contributed by atoms with Gasteiger partial charge in [-0.05, 0) is 49.6 Å². The summed E-state index contributed by atoms with van der Waals surface area (Å²) < 4.78 is 13.2. The fourth-order valence-electron chi connectivity index (χ4n) is 3.29. The highest BCUT2D eigenvalue weighted by Gasteiger charge is 2.17. The zero-order chi connectivity index (χ0) is 22.3. The fourth-order valence-corrected chi connectivity index (χ4v) is 3.29. The summed E-state index contributed by atoms with van der Waals surface area (Å²) in [5.74, 6) is 0.607. The van der Waals surface area contributed by atoms with E-state index in [1.165, 1.54) is 24.4 Å². The fraction of sp³-hybridized carbons (Fsp3) is 0.238. The number of nitro groups is 1. The molecule has 0 radical (unpaired) electrons. The van der Waals surface area contributed by atoms with Crippen LogP contribution in [0, 0.1) is 15.9 Å². The van der Waals surface area contributed by atoms with Crippen molar-refractivity contribution in [3.63, 3.8) is 0 Å². The van der Waals surface area contributed by atoms with Gasteiger partial charge in [0.1, 0.15) is 5.82 Å². The van der Waals surface area contributed by atoms with Gasteiger partial charge in [-0.25, -0.2) is 9.82 Å². The number of rotatable bonds is 7. The van der Waals surface area contributed by atoms with Crippen LogP contribution >= 0.6 is 12.4 Å². The summed E-state index contributed by atoms with van der Waals surface area (Å²) in [6, 6.07) is 12.1. The number of para-hydroxylation sites is 1. The second-order valence-corrected chi connectivity index (χ2v) is 7.15. The van der Waals surface area contributed by atoms with Crippen LogP contribution in [-0.2, 0) is 0 Å². The number of halogens is 2. The highest BCUT2D eigenvalue weighted by molar-refractivity contribution is 5.85. The summed E-state index contributed by atoms with van der Waals surface area (Å²) >= 11 is 0. The first-order chi connectivity index (χ1) is 15.6. The van der Waals surface area contributed by atoms with Crippen molar-refractivity contribution in [3.05, 3.63) is 70.0 Å². The maximum Gasteiger partial charge on any atom is 0.278 e. The standard InChI is InChI=1S/C21H21FN8O2.ClH/c22-16-8-10-17(11-9-16)24-19-25-20(27-21(26-19)29-12-4-1-5-13-29)28-23-14-15-6-2-3-7-18(15)30(31)32;/h2-3,6-11,14H,1,4-5,12-13H2,(H2,24,25,26,27,28);1H/b23-14-;. The molecule has 0 unspecified atom stereocenters. The minimum atomic E-state index is -0.469. The molecule has 0 aliphatic carbocycles. The zero-order valence-corrected chi connectivity index (χ0v) is 18.3. The molecule has 2 heterocycles. The highest BCUT2D eigenvalue weighted by atomic mass is 35.5. The molecule has 0 spiro atoms. The van der Waals surface area contributed by atoms with Gasteiger partial charge in [0.05, 0.1) is 16.7 Å². The summed E-state index contributed by atoms with van der Waals surface area (Å²) in [6.45, 7) is 1.66. The predicted molar refractivity (Wildman–Crippen MR) is 127 cm³/mol. The molecule has 1 aliphatic rings. The van der Waals surface area contributed by atoms with E-state index in [0.29, 0.717) is 17.2 Å². The molecule has 0 saturated carbocycles. The molecule has 0 atom stereocenters. The second-order valence-electron chi connectivity index (χ2n) is 7.15. The van der Waals surface area contributed by atoms with E-state index in [1.807, 2.05) is 0 Å². The van der Waals surface area contributed by atoms with E-state index in [0.717, 1.165) is 32.4 Å². The lowest BCUT2D eigenvalue weighted by molar-refractivity contribution is -0.385. The molecule has 3 aromatic rings. The zero-order valence-electron chi connectivity index (χ0n) is 17.5. The Bertz CT molecular complexity index is 1120. The molecule has 10 nitrogen and oxygen atoms in total. The first-order valence-corrected chi connectivity index (χ1v) is 10.1. The Balaban J connectivity index is 0.00000306. The first-order valence-electron chi connectivity index (χ1n) is 10.1. The number of anilines is 4. The van der Waals surface area contributed by atoms with Crippen molar-refractivity contribution < 1.29 is 9.31 Å². The quantitative estimate of drug-likeness (QED) is 0.292. The van der Waals surface area contributed by atoms with Crippen LogP contribution in [0.2, 0.25) is 0 Å². The second kappa shape index (κ2) is 11.1. The maximum absolute atomic E-state index is 13.2. The van der Waals surface area contributed by atoms with Gasteiger partial charge in [0.25, 0.3) is 5.69 Å². The molecule has 1 aromatic heterocycles. The van der Waals surface area contributed by atoms with Crippen molar-refractivity contribution in [2.75, 3.05) is 28.7 Å². The van der Waals surface area contributed by atoms with Crippen LogP contribution in [0.25, 0.3) is 0 Å². The Labute approximate surface area is 195 Å². The molecule has 1 saturated heterocycles. The average Bonchev–Trinajstić information content (AvgIpc) is 2.81. The van der Waals surface area contributed by atoms with E-state index in [4.69, 9.17) is 0 Å². The molecule has 0 bridgehead atoms. The summed E-state index contributed by atoms with van der Waals surface area (Å²) in [5.41, 5.74) is 3.65. The smallest absolute Gasteiger partial charge is 0.278 e. The number of aromatic nitrogens is 3. The lowest BCUT2D eigenvalue weighted by atomic mass is 10.1. The van der Waals surface area contributed by atoms with Crippen molar-refractivity contribution in [2.45, 2.75) is 19.3 Å². The Hall–Kier alpha value is -3.86. The van der Waals surface area contributed by atoms with Gasteiger partial charge < -0.3 is 10.2 Å². The van der Waals surface area contributed by atoms with E-state index in [2.05, 4.69) is 35.7 Å². The van der Waals surface area contributed by atoms with Gasteiger partial charge in [0.15, 0.2) is 0 Å². The van der Waals surface area contributed by atoms with Gasteiger partial charge in [-0.3, -0.25) is 10.1 Å². The molecule has 1 fully saturated rings. The molecule has 2 aromatic carbocycles. The number of nitrogens with one attached hydrogen (secondary N) is 2. The lowest BCUT2D eigenvalue weighted by Crippen LogP contribution is -2.31. The maximum atomic E-state index is 13.2. The van der Waals surface area contributed by atoms with Crippen LogP contribution in [0.4, 0.5) is 33.6 Å². The number of hydrazone groups is 1. The van der Waals surface area contributed by atoms with Crippen LogP contribution in [-0.4, -0.2) is 39.2 Å². The number of hydrogen-bond donors (Lipinski definition) is 2. The number of hydrogen-bond acceptors (Lipinski definition) is 9. The van der Waals surface area contributed by atoms with Crippen molar-refractivity contribution >= 4 is 47.8 Å².